The summed E-state index contributed by atoms with van der Waals surface area (Å²) in [5, 5.41) is 3.39. The highest BCUT2D eigenvalue weighted by molar-refractivity contribution is 4.77. The summed E-state index contributed by atoms with van der Waals surface area (Å²) in [4.78, 5) is 2.67. The van der Waals surface area contributed by atoms with Crippen LogP contribution in [0.2, 0.25) is 0 Å². The van der Waals surface area contributed by atoms with E-state index in [1.807, 2.05) is 6.08 Å². The van der Waals surface area contributed by atoms with Gasteiger partial charge in [0.15, 0.2) is 0 Å². The lowest BCUT2D eigenvalue weighted by Gasteiger charge is -2.35. The molecule has 1 aliphatic rings. The van der Waals surface area contributed by atoms with Crippen molar-refractivity contribution in [2.75, 3.05) is 26.2 Å². The molecule has 0 bridgehead atoms. The standard InChI is InChI=1S/C13H26N2/c1-3-7-13-8-5-6-11-15(13)12-10-14-9-4-2/h4,13-14H,2-3,5-12H2,1H3. The molecule has 1 unspecified atom stereocenters. The van der Waals surface area contributed by atoms with Crippen molar-refractivity contribution >= 4 is 0 Å². The van der Waals surface area contributed by atoms with E-state index in [4.69, 9.17) is 0 Å². The molecule has 0 aromatic heterocycles. The van der Waals surface area contributed by atoms with E-state index in [0.29, 0.717) is 0 Å². The van der Waals surface area contributed by atoms with Crippen LogP contribution >= 0.6 is 0 Å². The van der Waals surface area contributed by atoms with Gasteiger partial charge in [0.05, 0.1) is 0 Å². The van der Waals surface area contributed by atoms with Gasteiger partial charge < -0.3 is 5.32 Å². The molecule has 0 aromatic carbocycles. The summed E-state index contributed by atoms with van der Waals surface area (Å²) in [7, 11) is 0. The average Bonchev–Trinajstić information content (AvgIpc) is 2.27. The minimum Gasteiger partial charge on any atom is -0.312 e. The summed E-state index contributed by atoms with van der Waals surface area (Å²) in [6.45, 7) is 10.6. The maximum absolute atomic E-state index is 3.71. The van der Waals surface area contributed by atoms with E-state index < -0.39 is 0 Å². The van der Waals surface area contributed by atoms with E-state index in [1.54, 1.807) is 0 Å². The molecule has 1 rings (SSSR count). The Hall–Kier alpha value is -0.340. The van der Waals surface area contributed by atoms with Gasteiger partial charge in [0.2, 0.25) is 0 Å². The number of piperidine rings is 1. The zero-order valence-electron chi connectivity index (χ0n) is 10.2. The Morgan fingerprint density at radius 1 is 1.47 bits per heavy atom. The quantitative estimate of drug-likeness (QED) is 0.513. The number of nitrogens with zero attached hydrogens (tertiary/aromatic N) is 1. The topological polar surface area (TPSA) is 15.3 Å². The molecule has 1 aliphatic heterocycles. The highest BCUT2D eigenvalue weighted by Gasteiger charge is 2.20. The second-order valence-corrected chi connectivity index (χ2v) is 4.47. The van der Waals surface area contributed by atoms with Gasteiger partial charge in [0.25, 0.3) is 0 Å². The first-order valence-electron chi connectivity index (χ1n) is 6.44. The summed E-state index contributed by atoms with van der Waals surface area (Å²) in [6.07, 6.45) is 8.86. The molecular formula is C13H26N2. The van der Waals surface area contributed by atoms with Crippen molar-refractivity contribution in [1.82, 2.24) is 10.2 Å². The molecule has 0 saturated carbocycles. The van der Waals surface area contributed by atoms with Gasteiger partial charge in [-0.1, -0.05) is 25.8 Å². The first-order valence-corrected chi connectivity index (χ1v) is 6.44. The molecule has 1 heterocycles. The molecule has 0 radical (unpaired) electrons. The smallest absolute Gasteiger partial charge is 0.0132 e. The SMILES string of the molecule is C=CCNCCN1CCCCC1CCC. The third kappa shape index (κ3) is 4.80. The highest BCUT2D eigenvalue weighted by atomic mass is 15.2. The average molecular weight is 210 g/mol. The lowest BCUT2D eigenvalue weighted by molar-refractivity contribution is 0.141. The van der Waals surface area contributed by atoms with Crippen molar-refractivity contribution in [2.24, 2.45) is 0 Å². The number of rotatable bonds is 7. The molecule has 2 heteroatoms. The van der Waals surface area contributed by atoms with E-state index in [9.17, 15) is 0 Å². The van der Waals surface area contributed by atoms with Crippen molar-refractivity contribution in [1.29, 1.82) is 0 Å². The van der Waals surface area contributed by atoms with Gasteiger partial charge in [-0.3, -0.25) is 4.90 Å². The number of likely N-dealkylation sites (tertiary alicyclic amines) is 1. The Labute approximate surface area is 94.7 Å². The van der Waals surface area contributed by atoms with Crippen LogP contribution < -0.4 is 5.32 Å². The second kappa shape index (κ2) is 7.89. The monoisotopic (exact) mass is 210 g/mol. The van der Waals surface area contributed by atoms with Crippen LogP contribution in [0, 0.1) is 0 Å². The zero-order valence-corrected chi connectivity index (χ0v) is 10.2. The van der Waals surface area contributed by atoms with Crippen LogP contribution in [-0.4, -0.2) is 37.1 Å². The molecule has 0 spiro atoms. The Morgan fingerprint density at radius 2 is 2.33 bits per heavy atom. The predicted octanol–water partition coefficient (Wildman–Crippen LogP) is 2.42. The molecule has 1 N–H and O–H groups in total. The van der Waals surface area contributed by atoms with Crippen LogP contribution in [0.25, 0.3) is 0 Å². The summed E-state index contributed by atoms with van der Waals surface area (Å²) in [6, 6.07) is 0.856. The second-order valence-electron chi connectivity index (χ2n) is 4.47. The van der Waals surface area contributed by atoms with Gasteiger partial charge in [0.1, 0.15) is 0 Å². The van der Waals surface area contributed by atoms with E-state index in [1.165, 1.54) is 45.2 Å². The van der Waals surface area contributed by atoms with E-state index >= 15 is 0 Å². The minimum atomic E-state index is 0.856. The van der Waals surface area contributed by atoms with Crippen LogP contribution in [0.1, 0.15) is 39.0 Å². The summed E-state index contributed by atoms with van der Waals surface area (Å²) in [5.74, 6) is 0. The fourth-order valence-corrected chi connectivity index (χ4v) is 2.44. The van der Waals surface area contributed by atoms with Crippen molar-refractivity contribution in [3.8, 4) is 0 Å². The molecule has 1 saturated heterocycles. The minimum absolute atomic E-state index is 0.856. The first kappa shape index (κ1) is 12.7. The largest absolute Gasteiger partial charge is 0.312 e. The fourth-order valence-electron chi connectivity index (χ4n) is 2.44. The van der Waals surface area contributed by atoms with E-state index in [0.717, 1.165) is 19.1 Å². The number of nitrogens with one attached hydrogen (secondary N) is 1. The van der Waals surface area contributed by atoms with Crippen LogP contribution in [0.15, 0.2) is 12.7 Å². The fraction of sp³-hybridized carbons (Fsp3) is 0.846. The first-order chi connectivity index (χ1) is 7.38. The van der Waals surface area contributed by atoms with Crippen molar-refractivity contribution in [3.63, 3.8) is 0 Å². The van der Waals surface area contributed by atoms with E-state index in [-0.39, 0.29) is 0 Å². The van der Waals surface area contributed by atoms with Gasteiger partial charge in [-0.2, -0.15) is 0 Å². The van der Waals surface area contributed by atoms with Crippen LogP contribution in [0.4, 0.5) is 0 Å². The molecule has 1 fully saturated rings. The molecule has 88 valence electrons. The van der Waals surface area contributed by atoms with Crippen molar-refractivity contribution < 1.29 is 0 Å². The maximum atomic E-state index is 3.71. The van der Waals surface area contributed by atoms with Gasteiger partial charge in [0, 0.05) is 25.7 Å². The molecule has 15 heavy (non-hydrogen) atoms. The molecule has 0 amide bonds. The van der Waals surface area contributed by atoms with Gasteiger partial charge in [-0.25, -0.2) is 0 Å². The Kier molecular flexibility index (Phi) is 6.69. The third-order valence-corrected chi connectivity index (χ3v) is 3.24. The Morgan fingerprint density at radius 3 is 3.07 bits per heavy atom. The summed E-state index contributed by atoms with van der Waals surface area (Å²) >= 11 is 0. The number of hydrogen-bond donors (Lipinski definition) is 1. The Balaban J connectivity index is 2.19. The maximum Gasteiger partial charge on any atom is 0.0132 e. The highest BCUT2D eigenvalue weighted by Crippen LogP contribution is 2.19. The van der Waals surface area contributed by atoms with E-state index in [2.05, 4.69) is 23.7 Å². The normalized spacial score (nSPS) is 22.9. The molecule has 0 aliphatic carbocycles. The lowest BCUT2D eigenvalue weighted by Crippen LogP contribution is -2.43. The van der Waals surface area contributed by atoms with Gasteiger partial charge in [-0.15, -0.1) is 6.58 Å². The molecule has 0 aromatic rings. The van der Waals surface area contributed by atoms with Gasteiger partial charge in [-0.05, 0) is 25.8 Å². The van der Waals surface area contributed by atoms with Crippen LogP contribution in [0.5, 0.6) is 0 Å². The molecule has 2 nitrogen and oxygen atoms in total. The zero-order chi connectivity index (χ0) is 10.9. The van der Waals surface area contributed by atoms with Crippen molar-refractivity contribution in [2.45, 2.75) is 45.1 Å². The van der Waals surface area contributed by atoms with Crippen molar-refractivity contribution in [3.05, 3.63) is 12.7 Å². The Bertz CT molecular complexity index is 166. The summed E-state index contributed by atoms with van der Waals surface area (Å²) in [5.41, 5.74) is 0. The lowest BCUT2D eigenvalue weighted by atomic mass is 9.98. The molecular weight excluding hydrogens is 184 g/mol. The summed E-state index contributed by atoms with van der Waals surface area (Å²) < 4.78 is 0. The predicted molar refractivity (Wildman–Crippen MR) is 67.2 cm³/mol. The van der Waals surface area contributed by atoms with Crippen LogP contribution in [-0.2, 0) is 0 Å². The molecule has 1 atom stereocenters. The van der Waals surface area contributed by atoms with Crippen LogP contribution in [0.3, 0.4) is 0 Å². The number of hydrogen-bond acceptors (Lipinski definition) is 2. The third-order valence-electron chi connectivity index (χ3n) is 3.24. The van der Waals surface area contributed by atoms with Gasteiger partial charge >= 0.3 is 0 Å².